The number of ether oxygens (including phenoxy) is 2. The normalized spacial score (nSPS) is 19.5. The van der Waals surface area contributed by atoms with E-state index in [2.05, 4.69) is 28.5 Å². The van der Waals surface area contributed by atoms with Crippen LogP contribution in [0, 0.1) is 0 Å². The van der Waals surface area contributed by atoms with Crippen LogP contribution < -0.4 is 20.1 Å². The highest BCUT2D eigenvalue weighted by atomic mass is 16.5. The highest BCUT2D eigenvalue weighted by Crippen LogP contribution is 2.28. The van der Waals surface area contributed by atoms with Crippen LogP contribution in [0.3, 0.4) is 0 Å². The quantitative estimate of drug-likeness (QED) is 0.496. The third-order valence-corrected chi connectivity index (χ3v) is 6.25. The molecule has 0 atom stereocenters. The van der Waals surface area contributed by atoms with Gasteiger partial charge in [0, 0.05) is 31.7 Å². The van der Waals surface area contributed by atoms with Crippen LogP contribution >= 0.6 is 0 Å². The van der Waals surface area contributed by atoms with E-state index in [-0.39, 0.29) is 0 Å². The minimum absolute atomic E-state index is 0.498. The number of methoxy groups -OCH3 is 1. The summed E-state index contributed by atoms with van der Waals surface area (Å²) in [6, 6.07) is 7.36. The van der Waals surface area contributed by atoms with Gasteiger partial charge in [-0.15, -0.1) is 0 Å². The molecular weight excluding hydrogens is 376 g/mol. The summed E-state index contributed by atoms with van der Waals surface area (Å²) in [5, 5.41) is 7.08. The Kier molecular flexibility index (Phi) is 9.12. The van der Waals surface area contributed by atoms with Gasteiger partial charge in [-0.2, -0.15) is 0 Å². The first-order valence-electron chi connectivity index (χ1n) is 11.8. The molecule has 0 amide bonds. The minimum Gasteiger partial charge on any atom is -0.493 e. The Morgan fingerprint density at radius 2 is 1.83 bits per heavy atom. The number of piperidine rings is 1. The Morgan fingerprint density at radius 1 is 1.07 bits per heavy atom. The standard InChI is InChI=1S/C24H40N4O2/c1-4-25-24(26-18-19-11-12-22(29-3)23(17-19)30-5-2)27-20-13-15-28(16-14-20)21-9-7-6-8-10-21/h11-12,17,20-21H,4-10,13-16,18H2,1-3H3,(H2,25,26,27). The Balaban J connectivity index is 1.54. The van der Waals surface area contributed by atoms with Gasteiger partial charge in [0.15, 0.2) is 17.5 Å². The lowest BCUT2D eigenvalue weighted by molar-refractivity contribution is 0.119. The Morgan fingerprint density at radius 3 is 2.50 bits per heavy atom. The number of nitrogens with one attached hydrogen (secondary N) is 2. The molecule has 2 N–H and O–H groups in total. The molecule has 1 aromatic carbocycles. The minimum atomic E-state index is 0.498. The molecule has 0 aromatic heterocycles. The molecule has 1 aliphatic carbocycles. The topological polar surface area (TPSA) is 58.1 Å². The molecule has 3 rings (SSSR count). The molecule has 0 unspecified atom stereocenters. The molecule has 6 heteroatoms. The Hall–Kier alpha value is -1.95. The summed E-state index contributed by atoms with van der Waals surface area (Å²) in [5.41, 5.74) is 1.11. The van der Waals surface area contributed by atoms with E-state index >= 15 is 0 Å². The van der Waals surface area contributed by atoms with Crippen LogP contribution in [0.25, 0.3) is 0 Å². The first-order chi connectivity index (χ1) is 14.7. The zero-order valence-corrected chi connectivity index (χ0v) is 19.1. The van der Waals surface area contributed by atoms with Gasteiger partial charge in [0.1, 0.15) is 0 Å². The van der Waals surface area contributed by atoms with E-state index in [0.717, 1.165) is 35.6 Å². The molecule has 2 fully saturated rings. The van der Waals surface area contributed by atoms with E-state index in [9.17, 15) is 0 Å². The second-order valence-corrected chi connectivity index (χ2v) is 8.36. The molecule has 168 valence electrons. The monoisotopic (exact) mass is 416 g/mol. The van der Waals surface area contributed by atoms with Crippen LogP contribution in [-0.2, 0) is 6.54 Å². The van der Waals surface area contributed by atoms with Gasteiger partial charge in [0.25, 0.3) is 0 Å². The van der Waals surface area contributed by atoms with Gasteiger partial charge in [-0.25, -0.2) is 4.99 Å². The van der Waals surface area contributed by atoms with Crippen LogP contribution in [0.5, 0.6) is 11.5 Å². The van der Waals surface area contributed by atoms with E-state index in [1.165, 1.54) is 58.0 Å². The van der Waals surface area contributed by atoms with Crippen molar-refractivity contribution in [3.63, 3.8) is 0 Å². The summed E-state index contributed by atoms with van der Waals surface area (Å²) in [4.78, 5) is 7.56. The van der Waals surface area contributed by atoms with Crippen molar-refractivity contribution in [1.29, 1.82) is 0 Å². The lowest BCUT2D eigenvalue weighted by atomic mass is 9.92. The fraction of sp³-hybridized carbons (Fsp3) is 0.708. The average Bonchev–Trinajstić information content (AvgIpc) is 2.79. The summed E-state index contributed by atoms with van der Waals surface area (Å²) in [7, 11) is 1.67. The lowest BCUT2D eigenvalue weighted by Gasteiger charge is -2.39. The molecule has 2 aliphatic rings. The number of guanidine groups is 1. The van der Waals surface area contributed by atoms with Crippen LogP contribution in [0.4, 0.5) is 0 Å². The van der Waals surface area contributed by atoms with Gasteiger partial charge < -0.3 is 25.0 Å². The molecule has 30 heavy (non-hydrogen) atoms. The molecule has 1 saturated heterocycles. The molecule has 1 aromatic rings. The number of hydrogen-bond acceptors (Lipinski definition) is 4. The summed E-state index contributed by atoms with van der Waals surface area (Å²) in [5.74, 6) is 2.45. The SMILES string of the molecule is CCNC(=NCc1ccc(OC)c(OCC)c1)NC1CCN(C2CCCCC2)CC1. The predicted octanol–water partition coefficient (Wildman–Crippen LogP) is 3.95. The summed E-state index contributed by atoms with van der Waals surface area (Å²) >= 11 is 0. The van der Waals surface area contributed by atoms with Crippen molar-refractivity contribution in [2.24, 2.45) is 4.99 Å². The van der Waals surface area contributed by atoms with E-state index in [1.54, 1.807) is 7.11 Å². The maximum absolute atomic E-state index is 5.69. The number of nitrogens with zero attached hydrogens (tertiary/aromatic N) is 2. The third kappa shape index (κ3) is 6.53. The maximum atomic E-state index is 5.69. The van der Waals surface area contributed by atoms with E-state index in [4.69, 9.17) is 14.5 Å². The maximum Gasteiger partial charge on any atom is 0.191 e. The van der Waals surface area contributed by atoms with Gasteiger partial charge in [0.2, 0.25) is 0 Å². The first kappa shape index (κ1) is 22.7. The highest BCUT2D eigenvalue weighted by molar-refractivity contribution is 5.80. The number of likely N-dealkylation sites (tertiary alicyclic amines) is 1. The Labute approximate surface area is 182 Å². The molecule has 6 nitrogen and oxygen atoms in total. The summed E-state index contributed by atoms with van der Waals surface area (Å²) < 4.78 is 11.1. The van der Waals surface area contributed by atoms with Crippen molar-refractivity contribution >= 4 is 5.96 Å². The van der Waals surface area contributed by atoms with Crippen molar-refractivity contribution in [2.45, 2.75) is 77.4 Å². The molecule has 1 aliphatic heterocycles. The largest absolute Gasteiger partial charge is 0.493 e. The van der Waals surface area contributed by atoms with E-state index in [0.29, 0.717) is 19.2 Å². The molecule has 1 heterocycles. The zero-order chi connectivity index (χ0) is 21.2. The molecule has 1 saturated carbocycles. The van der Waals surface area contributed by atoms with Gasteiger partial charge in [-0.3, -0.25) is 0 Å². The van der Waals surface area contributed by atoms with Gasteiger partial charge >= 0.3 is 0 Å². The van der Waals surface area contributed by atoms with Crippen LogP contribution in [0.15, 0.2) is 23.2 Å². The molecule has 0 bridgehead atoms. The van der Waals surface area contributed by atoms with Crippen molar-refractivity contribution in [2.75, 3.05) is 33.4 Å². The fourth-order valence-electron chi connectivity index (χ4n) is 4.63. The Bertz CT molecular complexity index is 665. The summed E-state index contributed by atoms with van der Waals surface area (Å²) in [6.07, 6.45) is 9.43. The van der Waals surface area contributed by atoms with Crippen LogP contribution in [0.2, 0.25) is 0 Å². The predicted molar refractivity (Wildman–Crippen MR) is 124 cm³/mol. The molecular formula is C24H40N4O2. The lowest BCUT2D eigenvalue weighted by Crippen LogP contribution is -2.50. The highest BCUT2D eigenvalue weighted by Gasteiger charge is 2.26. The van der Waals surface area contributed by atoms with Crippen molar-refractivity contribution in [3.05, 3.63) is 23.8 Å². The van der Waals surface area contributed by atoms with Crippen molar-refractivity contribution < 1.29 is 9.47 Å². The fourth-order valence-corrected chi connectivity index (χ4v) is 4.63. The van der Waals surface area contributed by atoms with Gasteiger partial charge in [-0.1, -0.05) is 25.3 Å². The zero-order valence-electron chi connectivity index (χ0n) is 19.1. The number of aliphatic imine (C=N–C) groups is 1. The molecule has 0 radical (unpaired) electrons. The third-order valence-electron chi connectivity index (χ3n) is 6.25. The van der Waals surface area contributed by atoms with Gasteiger partial charge in [-0.05, 0) is 57.2 Å². The summed E-state index contributed by atoms with van der Waals surface area (Å²) in [6.45, 7) is 8.60. The first-order valence-corrected chi connectivity index (χ1v) is 11.8. The average molecular weight is 417 g/mol. The number of hydrogen-bond donors (Lipinski definition) is 2. The van der Waals surface area contributed by atoms with Crippen molar-refractivity contribution in [1.82, 2.24) is 15.5 Å². The van der Waals surface area contributed by atoms with Crippen LogP contribution in [0.1, 0.15) is 64.4 Å². The second-order valence-electron chi connectivity index (χ2n) is 8.36. The molecule has 0 spiro atoms. The van der Waals surface area contributed by atoms with Gasteiger partial charge in [0.05, 0.1) is 20.3 Å². The van der Waals surface area contributed by atoms with Crippen molar-refractivity contribution in [3.8, 4) is 11.5 Å². The smallest absolute Gasteiger partial charge is 0.191 e. The van der Waals surface area contributed by atoms with E-state index < -0.39 is 0 Å². The second kappa shape index (κ2) is 12.0. The van der Waals surface area contributed by atoms with Crippen LogP contribution in [-0.4, -0.2) is 56.3 Å². The van der Waals surface area contributed by atoms with E-state index in [1.807, 2.05) is 19.1 Å². The number of rotatable bonds is 8. The number of benzene rings is 1.